The number of amides is 3. The maximum absolute atomic E-state index is 12.7. The van der Waals surface area contributed by atoms with Gasteiger partial charge in [0.05, 0.1) is 16.8 Å². The number of hydrogen-bond acceptors (Lipinski definition) is 5. The number of pyridine rings is 1. The zero-order valence-electron chi connectivity index (χ0n) is 22.9. The predicted molar refractivity (Wildman–Crippen MR) is 146 cm³/mol. The second kappa shape index (κ2) is 14.2. The average Bonchev–Trinajstić information content (AvgIpc) is 2.93. The first-order valence-corrected chi connectivity index (χ1v) is 13.1. The highest BCUT2D eigenvalue weighted by atomic mass is 19.4. The molecule has 15 heteroatoms. The summed E-state index contributed by atoms with van der Waals surface area (Å²) >= 11 is 0. The molecule has 0 atom stereocenters. The standard InChI is InChI=1S/C26H28F3N5O2.C2HF3O2/c1-17-16-23(21-4-2-3-5-22(21)31-17)33-25(36)30-12-15-34-13-10-20(11-14-34)32-24(35)18-6-8-19(9-7-18)26(27,28)29;3-2(4,5)1(6)7/h2-9,16,20H,10-15H2,1H3,(H,32,35)(H2,30,31,33,36);(H,6,7). The Labute approximate surface area is 242 Å². The molecule has 0 bridgehead atoms. The molecule has 0 saturated carbocycles. The van der Waals surface area contributed by atoms with Crippen LogP contribution in [-0.4, -0.2) is 71.3 Å². The summed E-state index contributed by atoms with van der Waals surface area (Å²) in [4.78, 5) is 40.4. The van der Waals surface area contributed by atoms with E-state index < -0.39 is 23.9 Å². The van der Waals surface area contributed by atoms with Crippen molar-refractivity contribution in [1.29, 1.82) is 0 Å². The number of nitrogens with one attached hydrogen (secondary N) is 3. The Kier molecular flexibility index (Phi) is 10.9. The molecule has 3 aromatic rings. The van der Waals surface area contributed by atoms with Gasteiger partial charge in [-0.3, -0.25) is 9.78 Å². The number of carbonyl (C=O) groups excluding carboxylic acids is 2. The molecule has 0 aliphatic carbocycles. The molecule has 1 aromatic heterocycles. The molecular formula is C28H29F6N5O4. The summed E-state index contributed by atoms with van der Waals surface area (Å²) in [6.45, 7) is 4.51. The minimum absolute atomic E-state index is 0.0458. The van der Waals surface area contributed by atoms with Crippen molar-refractivity contribution in [3.8, 4) is 0 Å². The van der Waals surface area contributed by atoms with Crippen molar-refractivity contribution in [2.24, 2.45) is 0 Å². The van der Waals surface area contributed by atoms with E-state index in [9.17, 15) is 35.9 Å². The van der Waals surface area contributed by atoms with E-state index >= 15 is 0 Å². The van der Waals surface area contributed by atoms with Crippen molar-refractivity contribution in [1.82, 2.24) is 20.5 Å². The van der Waals surface area contributed by atoms with Gasteiger partial charge < -0.3 is 26.0 Å². The second-order valence-corrected chi connectivity index (χ2v) is 9.68. The summed E-state index contributed by atoms with van der Waals surface area (Å²) < 4.78 is 69.8. The molecule has 0 radical (unpaired) electrons. The molecule has 9 nitrogen and oxygen atoms in total. The maximum Gasteiger partial charge on any atom is 0.490 e. The van der Waals surface area contributed by atoms with Crippen LogP contribution in [-0.2, 0) is 11.0 Å². The van der Waals surface area contributed by atoms with Crippen LogP contribution < -0.4 is 16.0 Å². The zero-order chi connectivity index (χ0) is 31.8. The Hall–Kier alpha value is -4.40. The van der Waals surface area contributed by atoms with Gasteiger partial charge in [0.2, 0.25) is 0 Å². The highest BCUT2D eigenvalue weighted by Crippen LogP contribution is 2.29. The molecule has 1 aliphatic heterocycles. The van der Waals surface area contributed by atoms with E-state index in [0.717, 1.165) is 54.7 Å². The minimum Gasteiger partial charge on any atom is -0.475 e. The van der Waals surface area contributed by atoms with Gasteiger partial charge in [-0.1, -0.05) is 18.2 Å². The van der Waals surface area contributed by atoms with Crippen molar-refractivity contribution in [2.45, 2.75) is 38.2 Å². The number of piperidine rings is 1. The molecule has 1 aliphatic rings. The van der Waals surface area contributed by atoms with Gasteiger partial charge in [0, 0.05) is 48.9 Å². The molecule has 232 valence electrons. The molecular weight excluding hydrogens is 584 g/mol. The van der Waals surface area contributed by atoms with Gasteiger partial charge >= 0.3 is 24.4 Å². The summed E-state index contributed by atoms with van der Waals surface area (Å²) in [7, 11) is 0. The zero-order valence-corrected chi connectivity index (χ0v) is 22.9. The van der Waals surface area contributed by atoms with Gasteiger partial charge in [-0.05, 0) is 56.2 Å². The molecule has 4 N–H and O–H groups in total. The molecule has 43 heavy (non-hydrogen) atoms. The summed E-state index contributed by atoms with van der Waals surface area (Å²) in [5, 5.41) is 16.7. The van der Waals surface area contributed by atoms with Crippen molar-refractivity contribution in [2.75, 3.05) is 31.5 Å². The number of benzene rings is 2. The van der Waals surface area contributed by atoms with E-state index in [1.807, 2.05) is 37.3 Å². The van der Waals surface area contributed by atoms with Crippen molar-refractivity contribution >= 4 is 34.5 Å². The molecule has 3 amide bonds. The summed E-state index contributed by atoms with van der Waals surface area (Å²) in [6, 6.07) is 13.3. The first-order valence-electron chi connectivity index (χ1n) is 13.1. The molecule has 0 spiro atoms. The highest BCUT2D eigenvalue weighted by Gasteiger charge is 2.38. The lowest BCUT2D eigenvalue weighted by Crippen LogP contribution is -2.46. The van der Waals surface area contributed by atoms with Crippen LogP contribution in [0.4, 0.5) is 36.8 Å². The smallest absolute Gasteiger partial charge is 0.475 e. The van der Waals surface area contributed by atoms with Crippen LogP contribution in [0.2, 0.25) is 0 Å². The SMILES string of the molecule is Cc1cc(NC(=O)NCCN2CCC(NC(=O)c3ccc(C(F)(F)F)cc3)CC2)c2ccccc2n1.O=C(O)C(F)(F)F. The number of hydrogen-bond donors (Lipinski definition) is 4. The van der Waals surface area contributed by atoms with E-state index in [1.165, 1.54) is 12.1 Å². The van der Waals surface area contributed by atoms with E-state index in [1.54, 1.807) is 0 Å². The number of nitrogens with zero attached hydrogens (tertiary/aromatic N) is 2. The summed E-state index contributed by atoms with van der Waals surface area (Å²) in [5.41, 5.74) is 1.77. The quantitative estimate of drug-likeness (QED) is 0.283. The number of rotatable bonds is 6. The number of alkyl halides is 6. The van der Waals surface area contributed by atoms with Crippen molar-refractivity contribution in [3.05, 3.63) is 71.4 Å². The largest absolute Gasteiger partial charge is 0.490 e. The topological polar surface area (TPSA) is 124 Å². The first-order chi connectivity index (χ1) is 20.1. The van der Waals surface area contributed by atoms with Crippen LogP contribution in [0.15, 0.2) is 54.6 Å². The predicted octanol–water partition coefficient (Wildman–Crippen LogP) is 5.21. The number of para-hydroxylation sites is 1. The third-order valence-corrected chi connectivity index (χ3v) is 6.45. The van der Waals surface area contributed by atoms with Crippen LogP contribution in [0, 0.1) is 6.92 Å². The molecule has 1 saturated heterocycles. The van der Waals surface area contributed by atoms with Gasteiger partial charge in [-0.25, -0.2) is 9.59 Å². The third kappa shape index (κ3) is 10.1. The van der Waals surface area contributed by atoms with Crippen LogP contribution in [0.5, 0.6) is 0 Å². The van der Waals surface area contributed by atoms with Gasteiger partial charge in [0.15, 0.2) is 0 Å². The number of fused-ring (bicyclic) bond motifs is 1. The Balaban J connectivity index is 0.000000646. The lowest BCUT2D eigenvalue weighted by molar-refractivity contribution is -0.192. The minimum atomic E-state index is -5.08. The number of likely N-dealkylation sites (tertiary alicyclic amines) is 1. The number of carbonyl (C=O) groups is 3. The fraction of sp³-hybridized carbons (Fsp3) is 0.357. The molecule has 0 unspecified atom stereocenters. The Morgan fingerprint density at radius 2 is 1.58 bits per heavy atom. The number of aryl methyl sites for hydroxylation is 1. The van der Waals surface area contributed by atoms with Crippen LogP contribution in [0.25, 0.3) is 10.9 Å². The van der Waals surface area contributed by atoms with Crippen LogP contribution in [0.1, 0.15) is 34.5 Å². The van der Waals surface area contributed by atoms with E-state index in [2.05, 4.69) is 25.8 Å². The van der Waals surface area contributed by atoms with Gasteiger partial charge in [-0.15, -0.1) is 0 Å². The second-order valence-electron chi connectivity index (χ2n) is 9.68. The maximum atomic E-state index is 12.7. The van der Waals surface area contributed by atoms with Crippen molar-refractivity contribution < 1.29 is 45.8 Å². The Morgan fingerprint density at radius 1 is 0.977 bits per heavy atom. The number of halogens is 6. The number of aliphatic carboxylic acids is 1. The lowest BCUT2D eigenvalue weighted by atomic mass is 10.0. The van der Waals surface area contributed by atoms with E-state index in [-0.39, 0.29) is 23.5 Å². The number of carboxylic acids is 1. The normalized spacial score (nSPS) is 14.4. The molecule has 1 fully saturated rings. The van der Waals surface area contributed by atoms with Gasteiger partial charge in [-0.2, -0.15) is 26.3 Å². The van der Waals surface area contributed by atoms with Gasteiger partial charge in [0.1, 0.15) is 0 Å². The molecule has 2 heterocycles. The third-order valence-electron chi connectivity index (χ3n) is 6.45. The lowest BCUT2D eigenvalue weighted by Gasteiger charge is -2.32. The van der Waals surface area contributed by atoms with E-state index in [0.29, 0.717) is 18.8 Å². The number of carboxylic acid groups (broad SMARTS) is 1. The number of aromatic nitrogens is 1. The number of urea groups is 1. The number of anilines is 1. The molecule has 4 rings (SSSR count). The highest BCUT2D eigenvalue weighted by molar-refractivity contribution is 6.00. The van der Waals surface area contributed by atoms with Gasteiger partial charge in [0.25, 0.3) is 5.91 Å². The fourth-order valence-electron chi connectivity index (χ4n) is 4.29. The fourth-order valence-corrected chi connectivity index (χ4v) is 4.29. The summed E-state index contributed by atoms with van der Waals surface area (Å²) in [5.74, 6) is -3.13. The van der Waals surface area contributed by atoms with E-state index in [4.69, 9.17) is 9.90 Å². The Morgan fingerprint density at radius 3 is 2.16 bits per heavy atom. The first kappa shape index (κ1) is 33.1. The monoisotopic (exact) mass is 613 g/mol. The average molecular weight is 614 g/mol. The Bertz CT molecular complexity index is 1420. The van der Waals surface area contributed by atoms with Crippen molar-refractivity contribution in [3.63, 3.8) is 0 Å². The van der Waals surface area contributed by atoms with Crippen LogP contribution in [0.3, 0.4) is 0 Å². The molecule has 2 aromatic carbocycles. The summed E-state index contributed by atoms with van der Waals surface area (Å²) in [6.07, 6.45) is -8.06. The van der Waals surface area contributed by atoms with Crippen LogP contribution >= 0.6 is 0 Å².